The van der Waals surface area contributed by atoms with E-state index in [1.54, 1.807) is 27.7 Å². The number of aromatic nitrogens is 2. The van der Waals surface area contributed by atoms with Gasteiger partial charge in [-0.15, -0.1) is 0 Å². The lowest BCUT2D eigenvalue weighted by Crippen LogP contribution is -2.51. The van der Waals surface area contributed by atoms with Gasteiger partial charge in [0.05, 0.1) is 18.6 Å². The first-order valence-corrected chi connectivity index (χ1v) is 9.40. The molecule has 0 aliphatic carbocycles. The average molecular weight is 423 g/mol. The number of ketones is 1. The number of nitrogens with two attached hydrogens (primary N) is 2. The SMILES string of the molecule is CCOC(=O)C(C)(C)CC(=O)c1nc(N)c(C(=O)NC(C)(C)C(=O)OCC)nc1N. The number of carbonyl (C=O) groups is 4. The molecule has 5 N–H and O–H groups in total. The Kier molecular flexibility index (Phi) is 7.86. The summed E-state index contributed by atoms with van der Waals surface area (Å²) in [4.78, 5) is 56.9. The van der Waals surface area contributed by atoms with Crippen molar-refractivity contribution in [2.45, 2.75) is 53.5 Å². The lowest BCUT2D eigenvalue weighted by atomic mass is 9.86. The molecule has 0 atom stereocenters. The minimum atomic E-state index is -1.35. The summed E-state index contributed by atoms with van der Waals surface area (Å²) >= 11 is 0. The molecule has 0 aliphatic rings. The number of esters is 2. The Balaban J connectivity index is 3.09. The van der Waals surface area contributed by atoms with Crippen molar-refractivity contribution in [1.82, 2.24) is 15.3 Å². The Bertz CT molecular complexity index is 780. The molecular weight excluding hydrogens is 394 g/mol. The van der Waals surface area contributed by atoms with Crippen LogP contribution in [0.25, 0.3) is 0 Å². The fourth-order valence-corrected chi connectivity index (χ4v) is 2.42. The maximum Gasteiger partial charge on any atom is 0.331 e. The predicted octanol–water partition coefficient (Wildman–Crippen LogP) is 0.875. The first-order chi connectivity index (χ1) is 13.8. The number of rotatable bonds is 9. The van der Waals surface area contributed by atoms with E-state index in [-0.39, 0.29) is 42.7 Å². The molecule has 11 heteroatoms. The number of hydrogen-bond donors (Lipinski definition) is 3. The summed E-state index contributed by atoms with van der Waals surface area (Å²) in [5, 5.41) is 2.44. The number of anilines is 2. The van der Waals surface area contributed by atoms with Gasteiger partial charge in [-0.05, 0) is 41.5 Å². The molecule has 0 saturated heterocycles. The zero-order valence-corrected chi connectivity index (χ0v) is 18.1. The molecule has 0 spiro atoms. The Morgan fingerprint density at radius 1 is 0.867 bits per heavy atom. The summed E-state index contributed by atoms with van der Waals surface area (Å²) in [6.45, 7) is 9.62. The Labute approximate surface area is 174 Å². The quantitative estimate of drug-likeness (QED) is 0.381. The van der Waals surface area contributed by atoms with Gasteiger partial charge in [0.2, 0.25) is 0 Å². The molecule has 11 nitrogen and oxygen atoms in total. The maximum atomic E-state index is 12.6. The summed E-state index contributed by atoms with van der Waals surface area (Å²) < 4.78 is 9.86. The van der Waals surface area contributed by atoms with Crippen molar-refractivity contribution in [3.05, 3.63) is 11.4 Å². The average Bonchev–Trinajstić information content (AvgIpc) is 2.62. The molecule has 166 valence electrons. The molecular formula is C19H29N5O6. The first kappa shape index (κ1) is 24.8. The van der Waals surface area contributed by atoms with Gasteiger partial charge in [0.15, 0.2) is 28.8 Å². The highest BCUT2D eigenvalue weighted by atomic mass is 16.5. The van der Waals surface area contributed by atoms with Gasteiger partial charge in [-0.1, -0.05) is 0 Å². The van der Waals surface area contributed by atoms with Crippen LogP contribution in [0.3, 0.4) is 0 Å². The number of ether oxygens (including phenoxy) is 2. The van der Waals surface area contributed by atoms with Crippen LogP contribution in [-0.2, 0) is 19.1 Å². The van der Waals surface area contributed by atoms with Crippen molar-refractivity contribution in [3.63, 3.8) is 0 Å². The van der Waals surface area contributed by atoms with E-state index in [4.69, 9.17) is 20.9 Å². The second kappa shape index (κ2) is 9.51. The van der Waals surface area contributed by atoms with Crippen LogP contribution < -0.4 is 16.8 Å². The van der Waals surface area contributed by atoms with Crippen molar-refractivity contribution in [1.29, 1.82) is 0 Å². The number of hydrogen-bond acceptors (Lipinski definition) is 10. The summed E-state index contributed by atoms with van der Waals surface area (Å²) in [6, 6.07) is 0. The number of nitrogens with zero attached hydrogens (tertiary/aromatic N) is 2. The van der Waals surface area contributed by atoms with E-state index < -0.39 is 34.6 Å². The van der Waals surface area contributed by atoms with E-state index in [1.165, 1.54) is 13.8 Å². The van der Waals surface area contributed by atoms with Gasteiger partial charge in [0.1, 0.15) is 5.54 Å². The third-order valence-electron chi connectivity index (χ3n) is 4.07. The standard InChI is InChI=1S/C19H29N5O6/c1-7-29-16(27)18(3,4)9-10(25)11-13(20)23-12(14(21)22-11)15(26)24-19(5,6)17(28)30-8-2/h7-9H2,1-6H3,(H2,20,23)(H2,21,22)(H,24,26). The van der Waals surface area contributed by atoms with Gasteiger partial charge in [-0.3, -0.25) is 14.4 Å². The minimum Gasteiger partial charge on any atom is -0.466 e. The summed E-state index contributed by atoms with van der Waals surface area (Å²) in [7, 11) is 0. The van der Waals surface area contributed by atoms with Crippen LogP contribution >= 0.6 is 0 Å². The molecule has 0 aromatic carbocycles. The molecule has 0 fully saturated rings. The van der Waals surface area contributed by atoms with Crippen molar-refractivity contribution < 1.29 is 28.7 Å². The monoisotopic (exact) mass is 423 g/mol. The van der Waals surface area contributed by atoms with Crippen LogP contribution in [0.5, 0.6) is 0 Å². The molecule has 1 aromatic heterocycles. The maximum absolute atomic E-state index is 12.6. The molecule has 1 aromatic rings. The highest BCUT2D eigenvalue weighted by Crippen LogP contribution is 2.26. The van der Waals surface area contributed by atoms with Crippen LogP contribution in [0, 0.1) is 5.41 Å². The zero-order valence-electron chi connectivity index (χ0n) is 18.1. The van der Waals surface area contributed by atoms with Crippen LogP contribution in [0.15, 0.2) is 0 Å². The molecule has 0 radical (unpaired) electrons. The van der Waals surface area contributed by atoms with E-state index in [1.807, 2.05) is 0 Å². The zero-order chi connectivity index (χ0) is 23.3. The van der Waals surface area contributed by atoms with Gasteiger partial charge in [-0.2, -0.15) is 0 Å². The van der Waals surface area contributed by atoms with Crippen LogP contribution in [0.1, 0.15) is 68.9 Å². The van der Waals surface area contributed by atoms with Gasteiger partial charge in [-0.25, -0.2) is 14.8 Å². The largest absolute Gasteiger partial charge is 0.466 e. The van der Waals surface area contributed by atoms with Crippen molar-refractivity contribution in [2.24, 2.45) is 5.41 Å². The van der Waals surface area contributed by atoms with Crippen molar-refractivity contribution in [3.8, 4) is 0 Å². The summed E-state index contributed by atoms with van der Waals surface area (Å²) in [5.41, 5.74) is 8.55. The Hall–Kier alpha value is -3.24. The number of nitrogen functional groups attached to an aromatic ring is 2. The van der Waals surface area contributed by atoms with E-state index in [2.05, 4.69) is 15.3 Å². The van der Waals surface area contributed by atoms with Crippen LogP contribution in [0.4, 0.5) is 11.6 Å². The normalized spacial score (nSPS) is 11.5. The number of carbonyl (C=O) groups excluding carboxylic acids is 4. The van der Waals surface area contributed by atoms with E-state index in [0.29, 0.717) is 0 Å². The molecule has 0 bridgehead atoms. The van der Waals surface area contributed by atoms with Gasteiger partial charge in [0.25, 0.3) is 5.91 Å². The second-order valence-corrected chi connectivity index (χ2v) is 7.70. The predicted molar refractivity (Wildman–Crippen MR) is 108 cm³/mol. The van der Waals surface area contributed by atoms with Gasteiger partial charge >= 0.3 is 11.9 Å². The van der Waals surface area contributed by atoms with Gasteiger partial charge in [0, 0.05) is 6.42 Å². The number of amides is 1. The van der Waals surface area contributed by atoms with Crippen LogP contribution in [-0.4, -0.2) is 52.3 Å². The second-order valence-electron chi connectivity index (χ2n) is 7.70. The molecule has 1 rings (SSSR count). The fourth-order valence-electron chi connectivity index (χ4n) is 2.42. The van der Waals surface area contributed by atoms with E-state index in [0.717, 1.165) is 0 Å². The molecule has 0 aliphatic heterocycles. The topological polar surface area (TPSA) is 177 Å². The third-order valence-corrected chi connectivity index (χ3v) is 4.07. The van der Waals surface area contributed by atoms with Crippen molar-refractivity contribution in [2.75, 3.05) is 24.7 Å². The van der Waals surface area contributed by atoms with Crippen molar-refractivity contribution >= 4 is 35.3 Å². The van der Waals surface area contributed by atoms with Crippen LogP contribution in [0.2, 0.25) is 0 Å². The lowest BCUT2D eigenvalue weighted by molar-refractivity contribution is -0.153. The fraction of sp³-hybridized carbons (Fsp3) is 0.579. The molecule has 0 saturated carbocycles. The third kappa shape index (κ3) is 5.88. The first-order valence-electron chi connectivity index (χ1n) is 9.40. The molecule has 1 amide bonds. The summed E-state index contributed by atoms with van der Waals surface area (Å²) in [6.07, 6.45) is -0.244. The Morgan fingerprint density at radius 2 is 1.33 bits per heavy atom. The highest BCUT2D eigenvalue weighted by Gasteiger charge is 2.35. The number of nitrogens with one attached hydrogen (secondary N) is 1. The van der Waals surface area contributed by atoms with E-state index >= 15 is 0 Å². The lowest BCUT2D eigenvalue weighted by Gasteiger charge is -2.24. The molecule has 30 heavy (non-hydrogen) atoms. The highest BCUT2D eigenvalue weighted by molar-refractivity contribution is 6.04. The summed E-state index contributed by atoms with van der Waals surface area (Å²) in [5.74, 6) is -3.26. The molecule has 1 heterocycles. The molecule has 0 unspecified atom stereocenters. The number of Topliss-reactive ketones (excluding diaryl/α,β-unsaturated/α-hetero) is 1. The van der Waals surface area contributed by atoms with Gasteiger partial charge < -0.3 is 26.3 Å². The minimum absolute atomic E-state index is 0.145. The Morgan fingerprint density at radius 3 is 1.87 bits per heavy atom. The van der Waals surface area contributed by atoms with E-state index in [9.17, 15) is 19.2 Å². The smallest absolute Gasteiger partial charge is 0.331 e.